The van der Waals surface area contributed by atoms with Crippen molar-refractivity contribution in [2.75, 3.05) is 19.5 Å². The van der Waals surface area contributed by atoms with E-state index in [-0.39, 0.29) is 24.7 Å². The molecule has 0 radical (unpaired) electrons. The van der Waals surface area contributed by atoms with Crippen LogP contribution in [0.15, 0.2) is 12.1 Å². The van der Waals surface area contributed by atoms with Crippen LogP contribution in [0.4, 0.5) is 5.69 Å². The van der Waals surface area contributed by atoms with E-state index in [0.29, 0.717) is 22.7 Å². The first-order valence-electron chi connectivity index (χ1n) is 5.82. The molecule has 0 saturated carbocycles. The fraction of sp³-hybridized carbons (Fsp3) is 0.385. The molecular formula is C13H15NO5. The number of fused-ring (bicyclic) bond motifs is 1. The molecule has 0 spiro atoms. The van der Waals surface area contributed by atoms with Crippen molar-refractivity contribution in [3.8, 4) is 11.5 Å². The third-order valence-electron chi connectivity index (χ3n) is 3.11. The molecule has 1 atom stereocenters. The van der Waals surface area contributed by atoms with Gasteiger partial charge in [0.1, 0.15) is 11.5 Å². The average Bonchev–Trinajstić information content (AvgIpc) is 2.35. The minimum atomic E-state index is -0.941. The van der Waals surface area contributed by atoms with Gasteiger partial charge in [-0.05, 0) is 0 Å². The maximum Gasteiger partial charge on any atom is 0.303 e. The predicted octanol–water partition coefficient (Wildman–Crippen LogP) is 1.60. The normalized spacial score (nSPS) is 17.4. The van der Waals surface area contributed by atoms with Gasteiger partial charge >= 0.3 is 5.97 Å². The summed E-state index contributed by atoms with van der Waals surface area (Å²) in [6.07, 6.45) is 0.0328. The van der Waals surface area contributed by atoms with E-state index < -0.39 is 5.97 Å². The van der Waals surface area contributed by atoms with Crippen molar-refractivity contribution in [3.63, 3.8) is 0 Å². The Morgan fingerprint density at radius 2 is 2.16 bits per heavy atom. The first-order valence-corrected chi connectivity index (χ1v) is 5.82. The lowest BCUT2D eigenvalue weighted by Gasteiger charge is -2.27. The van der Waals surface area contributed by atoms with E-state index in [4.69, 9.17) is 14.6 Å². The molecule has 2 rings (SSSR count). The van der Waals surface area contributed by atoms with Crippen molar-refractivity contribution in [1.29, 1.82) is 0 Å². The standard InChI is InChI=1S/C13H15NO5/c1-18-8-5-9-13(10(6-8)19-2)7(4-12(16)17)3-11(15)14-9/h5-7H,3-4H2,1-2H3,(H,14,15)(H,16,17). The number of benzene rings is 1. The third kappa shape index (κ3) is 2.62. The van der Waals surface area contributed by atoms with Crippen molar-refractivity contribution >= 4 is 17.6 Å². The summed E-state index contributed by atoms with van der Waals surface area (Å²) in [5.41, 5.74) is 1.27. The summed E-state index contributed by atoms with van der Waals surface area (Å²) in [4.78, 5) is 22.5. The summed E-state index contributed by atoms with van der Waals surface area (Å²) in [6.45, 7) is 0. The predicted molar refractivity (Wildman–Crippen MR) is 67.8 cm³/mol. The van der Waals surface area contributed by atoms with E-state index >= 15 is 0 Å². The quantitative estimate of drug-likeness (QED) is 0.863. The van der Waals surface area contributed by atoms with Crippen LogP contribution in [0.2, 0.25) is 0 Å². The van der Waals surface area contributed by atoms with Crippen molar-refractivity contribution in [2.45, 2.75) is 18.8 Å². The first-order chi connectivity index (χ1) is 9.05. The van der Waals surface area contributed by atoms with Gasteiger partial charge in [0.05, 0.1) is 26.3 Å². The molecule has 1 aliphatic rings. The Kier molecular flexibility index (Phi) is 3.59. The van der Waals surface area contributed by atoms with E-state index in [2.05, 4.69) is 5.32 Å². The number of methoxy groups -OCH3 is 2. The highest BCUT2D eigenvalue weighted by Gasteiger charge is 2.30. The average molecular weight is 265 g/mol. The zero-order valence-electron chi connectivity index (χ0n) is 10.7. The molecule has 1 heterocycles. The van der Waals surface area contributed by atoms with E-state index in [1.165, 1.54) is 14.2 Å². The van der Waals surface area contributed by atoms with Crippen LogP contribution < -0.4 is 14.8 Å². The zero-order valence-corrected chi connectivity index (χ0v) is 10.7. The van der Waals surface area contributed by atoms with E-state index in [0.717, 1.165) is 0 Å². The zero-order chi connectivity index (χ0) is 14.0. The van der Waals surface area contributed by atoms with Crippen LogP contribution in [-0.2, 0) is 9.59 Å². The Morgan fingerprint density at radius 1 is 1.42 bits per heavy atom. The second-order valence-electron chi connectivity index (χ2n) is 4.34. The number of hydrogen-bond acceptors (Lipinski definition) is 4. The molecular weight excluding hydrogens is 250 g/mol. The van der Waals surface area contributed by atoms with Crippen LogP contribution in [0, 0.1) is 0 Å². The van der Waals surface area contributed by atoms with Gasteiger partial charge in [0.2, 0.25) is 5.91 Å². The monoisotopic (exact) mass is 265 g/mol. The van der Waals surface area contributed by atoms with Crippen LogP contribution in [0.25, 0.3) is 0 Å². The van der Waals surface area contributed by atoms with Gasteiger partial charge in [0.25, 0.3) is 0 Å². The number of carbonyl (C=O) groups is 2. The lowest BCUT2D eigenvalue weighted by Crippen LogP contribution is -2.25. The molecule has 6 heteroatoms. The Bertz CT molecular complexity index is 526. The lowest BCUT2D eigenvalue weighted by atomic mass is 9.87. The van der Waals surface area contributed by atoms with Gasteiger partial charge in [-0.2, -0.15) is 0 Å². The first kappa shape index (κ1) is 13.2. The fourth-order valence-electron chi connectivity index (χ4n) is 2.32. The maximum absolute atomic E-state index is 11.6. The maximum atomic E-state index is 11.6. The number of anilines is 1. The molecule has 0 aromatic heterocycles. The molecule has 1 aliphatic heterocycles. The van der Waals surface area contributed by atoms with Gasteiger partial charge in [-0.1, -0.05) is 0 Å². The number of ether oxygens (including phenoxy) is 2. The minimum absolute atomic E-state index is 0.108. The molecule has 19 heavy (non-hydrogen) atoms. The highest BCUT2D eigenvalue weighted by Crippen LogP contribution is 2.43. The molecule has 1 unspecified atom stereocenters. The fourth-order valence-corrected chi connectivity index (χ4v) is 2.32. The summed E-state index contributed by atoms with van der Waals surface area (Å²) >= 11 is 0. The molecule has 0 aliphatic carbocycles. The van der Waals surface area contributed by atoms with Crippen molar-refractivity contribution in [3.05, 3.63) is 17.7 Å². The van der Waals surface area contributed by atoms with Crippen LogP contribution >= 0.6 is 0 Å². The van der Waals surface area contributed by atoms with Crippen molar-refractivity contribution in [1.82, 2.24) is 0 Å². The number of aliphatic carboxylic acids is 1. The Labute approximate surface area is 110 Å². The van der Waals surface area contributed by atoms with Crippen LogP contribution in [-0.4, -0.2) is 31.2 Å². The van der Waals surface area contributed by atoms with Crippen LogP contribution in [0.1, 0.15) is 24.3 Å². The van der Waals surface area contributed by atoms with E-state index in [1.54, 1.807) is 12.1 Å². The molecule has 0 saturated heterocycles. The molecule has 2 N–H and O–H groups in total. The third-order valence-corrected chi connectivity index (χ3v) is 3.11. The van der Waals surface area contributed by atoms with Gasteiger partial charge in [0, 0.05) is 30.0 Å². The van der Waals surface area contributed by atoms with Crippen LogP contribution in [0.5, 0.6) is 11.5 Å². The van der Waals surface area contributed by atoms with Gasteiger partial charge < -0.3 is 19.9 Å². The van der Waals surface area contributed by atoms with Crippen molar-refractivity contribution < 1.29 is 24.2 Å². The summed E-state index contributed by atoms with van der Waals surface area (Å²) in [6, 6.07) is 3.36. The number of nitrogens with one attached hydrogen (secondary N) is 1. The second kappa shape index (κ2) is 5.17. The number of carboxylic acid groups (broad SMARTS) is 1. The number of rotatable bonds is 4. The van der Waals surface area contributed by atoms with Gasteiger partial charge in [-0.25, -0.2) is 0 Å². The smallest absolute Gasteiger partial charge is 0.303 e. The van der Waals surface area contributed by atoms with Gasteiger partial charge in [-0.15, -0.1) is 0 Å². The van der Waals surface area contributed by atoms with E-state index in [1.807, 2.05) is 0 Å². The minimum Gasteiger partial charge on any atom is -0.497 e. The molecule has 1 amide bonds. The molecule has 1 aromatic carbocycles. The Balaban J connectivity index is 2.51. The topological polar surface area (TPSA) is 84.9 Å². The second-order valence-corrected chi connectivity index (χ2v) is 4.34. The van der Waals surface area contributed by atoms with E-state index in [9.17, 15) is 9.59 Å². The molecule has 6 nitrogen and oxygen atoms in total. The molecule has 1 aromatic rings. The summed E-state index contributed by atoms with van der Waals surface area (Å²) < 4.78 is 10.4. The van der Waals surface area contributed by atoms with Gasteiger partial charge in [-0.3, -0.25) is 9.59 Å². The van der Waals surface area contributed by atoms with Gasteiger partial charge in [0.15, 0.2) is 0 Å². The number of amides is 1. The van der Waals surface area contributed by atoms with Crippen molar-refractivity contribution in [2.24, 2.45) is 0 Å². The molecule has 102 valence electrons. The summed E-state index contributed by atoms with van der Waals surface area (Å²) in [5.74, 6) is -0.452. The highest BCUT2D eigenvalue weighted by atomic mass is 16.5. The molecule has 0 fully saturated rings. The number of carboxylic acids is 1. The largest absolute Gasteiger partial charge is 0.497 e. The summed E-state index contributed by atoms with van der Waals surface area (Å²) in [5, 5.41) is 11.7. The SMILES string of the molecule is COc1cc2c(c(OC)c1)C(CC(=O)O)CC(=O)N2. The molecule has 0 bridgehead atoms. The summed E-state index contributed by atoms with van der Waals surface area (Å²) in [7, 11) is 3.02. The number of hydrogen-bond donors (Lipinski definition) is 2. The highest BCUT2D eigenvalue weighted by molar-refractivity contribution is 5.96. The number of carbonyl (C=O) groups excluding carboxylic acids is 1. The van der Waals surface area contributed by atoms with Crippen LogP contribution in [0.3, 0.4) is 0 Å². The Hall–Kier alpha value is -2.24. The lowest BCUT2D eigenvalue weighted by molar-refractivity contribution is -0.137. The Morgan fingerprint density at radius 3 is 2.74 bits per heavy atom.